The first kappa shape index (κ1) is 15.1. The van der Waals surface area contributed by atoms with Gasteiger partial charge in [-0.3, -0.25) is 0 Å². The third kappa shape index (κ3) is 3.33. The van der Waals surface area contributed by atoms with Crippen molar-refractivity contribution in [2.45, 2.75) is 38.1 Å². The first-order chi connectivity index (χ1) is 10.1. The molecular weight excluding hydrogens is 307 g/mol. The van der Waals surface area contributed by atoms with Gasteiger partial charge in [-0.15, -0.1) is 11.6 Å². The Kier molecular flexibility index (Phi) is 4.67. The summed E-state index contributed by atoms with van der Waals surface area (Å²) in [5.41, 5.74) is 1.70. The van der Waals surface area contributed by atoms with Crippen LogP contribution in [0.25, 0.3) is 11.2 Å². The number of pyridine rings is 1. The van der Waals surface area contributed by atoms with Crippen molar-refractivity contribution in [3.05, 3.63) is 23.1 Å². The van der Waals surface area contributed by atoms with Crippen LogP contribution < -0.4 is 0 Å². The minimum atomic E-state index is -0.134. The molecule has 0 saturated carbocycles. The fourth-order valence-electron chi connectivity index (χ4n) is 2.99. The lowest BCUT2D eigenvalue weighted by molar-refractivity contribution is 0.325. The van der Waals surface area contributed by atoms with Crippen LogP contribution in [0.4, 0.5) is 0 Å². The van der Waals surface area contributed by atoms with Crippen LogP contribution in [0.3, 0.4) is 0 Å². The Morgan fingerprint density at radius 3 is 2.76 bits per heavy atom. The van der Waals surface area contributed by atoms with Crippen LogP contribution >= 0.6 is 23.2 Å². The van der Waals surface area contributed by atoms with Crippen molar-refractivity contribution >= 4 is 34.4 Å². The second-order valence-corrected chi connectivity index (χ2v) is 6.73. The molecular formula is C15H20Cl2N4. The van der Waals surface area contributed by atoms with Gasteiger partial charge in [-0.25, -0.2) is 9.97 Å². The maximum Gasteiger partial charge on any atom is 0.160 e. The van der Waals surface area contributed by atoms with Crippen molar-refractivity contribution in [1.82, 2.24) is 19.4 Å². The Morgan fingerprint density at radius 1 is 1.29 bits per heavy atom. The Labute approximate surface area is 135 Å². The van der Waals surface area contributed by atoms with E-state index < -0.39 is 0 Å². The van der Waals surface area contributed by atoms with Crippen LogP contribution in [0, 0.1) is 0 Å². The predicted molar refractivity (Wildman–Crippen MR) is 87.1 cm³/mol. The van der Waals surface area contributed by atoms with E-state index in [1.165, 1.54) is 25.9 Å². The second-order valence-electron chi connectivity index (χ2n) is 5.64. The molecule has 0 bridgehead atoms. The third-order valence-electron chi connectivity index (χ3n) is 3.99. The van der Waals surface area contributed by atoms with Crippen LogP contribution in [0.5, 0.6) is 0 Å². The van der Waals surface area contributed by atoms with Gasteiger partial charge in [-0.1, -0.05) is 11.6 Å². The average molecular weight is 327 g/mol. The first-order valence-corrected chi connectivity index (χ1v) is 8.34. The zero-order valence-electron chi connectivity index (χ0n) is 12.2. The van der Waals surface area contributed by atoms with Crippen molar-refractivity contribution in [2.75, 3.05) is 19.6 Å². The summed E-state index contributed by atoms with van der Waals surface area (Å²) in [6, 6.07) is 1.85. The molecule has 1 saturated heterocycles. The molecule has 21 heavy (non-hydrogen) atoms. The van der Waals surface area contributed by atoms with Gasteiger partial charge in [0.05, 0.1) is 10.4 Å². The number of imidazole rings is 1. The number of halogens is 2. The largest absolute Gasteiger partial charge is 0.311 e. The number of fused-ring (bicyclic) bond motifs is 1. The molecule has 2 aromatic rings. The molecule has 0 radical (unpaired) electrons. The monoisotopic (exact) mass is 326 g/mol. The summed E-state index contributed by atoms with van der Waals surface area (Å²) in [5, 5.41) is 0.475. The highest BCUT2D eigenvalue weighted by Gasteiger charge is 2.17. The SMILES string of the molecule is CC(Cl)c1nc2cc(Cl)cnc2n1CCCN1CCCC1. The molecule has 1 atom stereocenters. The first-order valence-electron chi connectivity index (χ1n) is 7.53. The summed E-state index contributed by atoms with van der Waals surface area (Å²) < 4.78 is 2.14. The lowest BCUT2D eigenvalue weighted by atomic mass is 10.3. The maximum absolute atomic E-state index is 6.27. The molecule has 114 valence electrons. The van der Waals surface area contributed by atoms with E-state index in [2.05, 4.69) is 19.4 Å². The van der Waals surface area contributed by atoms with Gasteiger partial charge in [0.1, 0.15) is 11.3 Å². The zero-order chi connectivity index (χ0) is 14.8. The molecule has 1 fully saturated rings. The molecule has 0 N–H and O–H groups in total. The van der Waals surface area contributed by atoms with Crippen molar-refractivity contribution in [3.8, 4) is 0 Å². The van der Waals surface area contributed by atoms with Crippen molar-refractivity contribution in [2.24, 2.45) is 0 Å². The topological polar surface area (TPSA) is 34.0 Å². The molecule has 1 aliphatic rings. The van der Waals surface area contributed by atoms with Gasteiger partial charge in [-0.05, 0) is 51.9 Å². The van der Waals surface area contributed by atoms with E-state index in [9.17, 15) is 0 Å². The highest BCUT2D eigenvalue weighted by molar-refractivity contribution is 6.31. The lowest BCUT2D eigenvalue weighted by Crippen LogP contribution is -2.22. The van der Waals surface area contributed by atoms with Crippen LogP contribution in [-0.4, -0.2) is 39.1 Å². The van der Waals surface area contributed by atoms with Crippen LogP contribution in [-0.2, 0) is 6.54 Å². The number of hydrogen-bond acceptors (Lipinski definition) is 3. The number of hydrogen-bond donors (Lipinski definition) is 0. The van der Waals surface area contributed by atoms with Crippen LogP contribution in [0.15, 0.2) is 12.3 Å². The van der Waals surface area contributed by atoms with E-state index in [0.717, 1.165) is 36.5 Å². The predicted octanol–water partition coefficient (Wildman–Crippen LogP) is 3.87. The quantitative estimate of drug-likeness (QED) is 0.782. The minimum Gasteiger partial charge on any atom is -0.311 e. The minimum absolute atomic E-state index is 0.134. The van der Waals surface area contributed by atoms with E-state index in [1.54, 1.807) is 6.20 Å². The molecule has 0 aliphatic carbocycles. The van der Waals surface area contributed by atoms with E-state index in [0.29, 0.717) is 5.02 Å². The van der Waals surface area contributed by atoms with Gasteiger partial charge < -0.3 is 9.47 Å². The molecule has 1 unspecified atom stereocenters. The number of aryl methyl sites for hydroxylation is 1. The molecule has 4 nitrogen and oxygen atoms in total. The fourth-order valence-corrected chi connectivity index (χ4v) is 3.31. The summed E-state index contributed by atoms with van der Waals surface area (Å²) >= 11 is 12.3. The Balaban J connectivity index is 1.79. The maximum atomic E-state index is 6.27. The molecule has 3 heterocycles. The molecule has 1 aliphatic heterocycles. The molecule has 6 heteroatoms. The Hall–Kier alpha value is -0.840. The van der Waals surface area contributed by atoms with Crippen LogP contribution in [0.2, 0.25) is 5.02 Å². The summed E-state index contributed by atoms with van der Waals surface area (Å²) in [4.78, 5) is 11.5. The average Bonchev–Trinajstić information content (AvgIpc) is 3.06. The van der Waals surface area contributed by atoms with Crippen molar-refractivity contribution < 1.29 is 0 Å². The summed E-state index contributed by atoms with van der Waals surface area (Å²) in [6.07, 6.45) is 5.42. The third-order valence-corrected chi connectivity index (χ3v) is 4.39. The Bertz CT molecular complexity index is 617. The number of aromatic nitrogens is 3. The number of rotatable bonds is 5. The summed E-state index contributed by atoms with van der Waals surface area (Å²) in [5.74, 6) is 0.878. The van der Waals surface area contributed by atoms with Gasteiger partial charge in [0.2, 0.25) is 0 Å². The standard InChI is InChI=1S/C15H20Cl2N4/c1-11(16)14-19-13-9-12(17)10-18-15(13)21(14)8-4-7-20-5-2-3-6-20/h9-11H,2-8H2,1H3. The fraction of sp³-hybridized carbons (Fsp3) is 0.600. The molecule has 0 aromatic carbocycles. The van der Waals surface area contributed by atoms with Crippen molar-refractivity contribution in [3.63, 3.8) is 0 Å². The number of alkyl halides is 1. The highest BCUT2D eigenvalue weighted by atomic mass is 35.5. The number of likely N-dealkylation sites (tertiary alicyclic amines) is 1. The van der Waals surface area contributed by atoms with E-state index in [1.807, 2.05) is 13.0 Å². The Morgan fingerprint density at radius 2 is 2.05 bits per heavy atom. The summed E-state index contributed by atoms with van der Waals surface area (Å²) in [7, 11) is 0. The normalized spacial score (nSPS) is 17.7. The van der Waals surface area contributed by atoms with Gasteiger partial charge >= 0.3 is 0 Å². The van der Waals surface area contributed by atoms with Gasteiger partial charge in [0.15, 0.2) is 5.65 Å². The van der Waals surface area contributed by atoms with E-state index in [4.69, 9.17) is 23.2 Å². The second kappa shape index (κ2) is 6.51. The summed E-state index contributed by atoms with van der Waals surface area (Å²) in [6.45, 7) is 6.44. The molecule has 0 spiro atoms. The number of nitrogens with zero attached hydrogens (tertiary/aromatic N) is 4. The molecule has 3 rings (SSSR count). The van der Waals surface area contributed by atoms with Gasteiger partial charge in [0.25, 0.3) is 0 Å². The van der Waals surface area contributed by atoms with Gasteiger partial charge in [0, 0.05) is 12.7 Å². The van der Waals surface area contributed by atoms with Crippen LogP contribution in [0.1, 0.15) is 37.4 Å². The zero-order valence-corrected chi connectivity index (χ0v) is 13.7. The lowest BCUT2D eigenvalue weighted by Gasteiger charge is -2.15. The van der Waals surface area contributed by atoms with Gasteiger partial charge in [-0.2, -0.15) is 0 Å². The smallest absolute Gasteiger partial charge is 0.160 e. The highest BCUT2D eigenvalue weighted by Crippen LogP contribution is 2.25. The van der Waals surface area contributed by atoms with E-state index in [-0.39, 0.29) is 5.38 Å². The molecule has 2 aromatic heterocycles. The van der Waals surface area contributed by atoms with Crippen molar-refractivity contribution in [1.29, 1.82) is 0 Å². The molecule has 0 amide bonds. The van der Waals surface area contributed by atoms with E-state index >= 15 is 0 Å².